The van der Waals surface area contributed by atoms with E-state index in [1.54, 1.807) is 0 Å². The maximum absolute atomic E-state index is 9.99. The van der Waals surface area contributed by atoms with Crippen molar-refractivity contribution in [2.75, 3.05) is 25.0 Å². The van der Waals surface area contributed by atoms with Crippen LogP contribution in [0.2, 0.25) is 0 Å². The Hall–Kier alpha value is -0.580. The number of benzene rings is 1. The standard InChI is InChI=1S/C15H21BrN2O/c1-17-7-10-2-4-12(6-14(10)16)18-8-11-3-5-15(19)13(11)9-18/h2,4,6,11,13,15,17,19H,3,5,7-9H2,1H3. The minimum atomic E-state index is -0.0815. The van der Waals surface area contributed by atoms with E-state index in [-0.39, 0.29) is 6.10 Å². The number of fused-ring (bicyclic) bond motifs is 1. The Kier molecular flexibility index (Phi) is 3.83. The molecule has 2 fully saturated rings. The molecule has 0 aromatic heterocycles. The van der Waals surface area contributed by atoms with Crippen molar-refractivity contribution < 1.29 is 5.11 Å². The van der Waals surface area contributed by atoms with Gasteiger partial charge in [-0.2, -0.15) is 0 Å². The fourth-order valence-corrected chi connectivity index (χ4v) is 4.02. The van der Waals surface area contributed by atoms with Crippen LogP contribution in [-0.4, -0.2) is 31.3 Å². The van der Waals surface area contributed by atoms with Crippen LogP contribution < -0.4 is 10.2 Å². The molecule has 3 rings (SSSR count). The Balaban J connectivity index is 1.75. The molecule has 3 atom stereocenters. The summed E-state index contributed by atoms with van der Waals surface area (Å²) in [4.78, 5) is 2.42. The Labute approximate surface area is 123 Å². The van der Waals surface area contributed by atoms with Crippen LogP contribution in [0.1, 0.15) is 18.4 Å². The molecule has 4 heteroatoms. The van der Waals surface area contributed by atoms with E-state index in [0.29, 0.717) is 11.8 Å². The van der Waals surface area contributed by atoms with Crippen LogP contribution in [0.4, 0.5) is 5.69 Å². The predicted molar refractivity (Wildman–Crippen MR) is 81.3 cm³/mol. The Morgan fingerprint density at radius 3 is 2.89 bits per heavy atom. The number of halogens is 1. The van der Waals surface area contributed by atoms with E-state index in [1.165, 1.54) is 17.7 Å². The quantitative estimate of drug-likeness (QED) is 0.896. The first-order chi connectivity index (χ1) is 9.19. The third-order valence-corrected chi connectivity index (χ3v) is 5.33. The van der Waals surface area contributed by atoms with E-state index >= 15 is 0 Å². The summed E-state index contributed by atoms with van der Waals surface area (Å²) in [5, 5.41) is 13.2. The van der Waals surface area contributed by atoms with Gasteiger partial charge in [0.25, 0.3) is 0 Å². The minimum Gasteiger partial charge on any atom is -0.393 e. The lowest BCUT2D eigenvalue weighted by atomic mass is 10.00. The molecule has 2 N–H and O–H groups in total. The molecule has 0 radical (unpaired) electrons. The highest BCUT2D eigenvalue weighted by atomic mass is 79.9. The molecule has 0 amide bonds. The van der Waals surface area contributed by atoms with Gasteiger partial charge in [0.05, 0.1) is 6.10 Å². The monoisotopic (exact) mass is 324 g/mol. The van der Waals surface area contributed by atoms with E-state index in [2.05, 4.69) is 44.3 Å². The van der Waals surface area contributed by atoms with Gasteiger partial charge in [0.1, 0.15) is 0 Å². The summed E-state index contributed by atoms with van der Waals surface area (Å²) >= 11 is 3.65. The zero-order valence-corrected chi connectivity index (χ0v) is 12.9. The van der Waals surface area contributed by atoms with E-state index in [4.69, 9.17) is 0 Å². The zero-order chi connectivity index (χ0) is 13.4. The van der Waals surface area contributed by atoms with Gasteiger partial charge < -0.3 is 15.3 Å². The van der Waals surface area contributed by atoms with Crippen LogP contribution in [0.25, 0.3) is 0 Å². The van der Waals surface area contributed by atoms with Crippen molar-refractivity contribution in [1.82, 2.24) is 5.32 Å². The first-order valence-corrected chi connectivity index (χ1v) is 7.84. The number of hydrogen-bond acceptors (Lipinski definition) is 3. The lowest BCUT2D eigenvalue weighted by Gasteiger charge is -2.21. The molecule has 2 aliphatic rings. The molecule has 0 spiro atoms. The van der Waals surface area contributed by atoms with Gasteiger partial charge in [-0.05, 0) is 43.5 Å². The molecular formula is C15H21BrN2O. The van der Waals surface area contributed by atoms with Gasteiger partial charge >= 0.3 is 0 Å². The van der Waals surface area contributed by atoms with Crippen molar-refractivity contribution >= 4 is 21.6 Å². The Bertz CT molecular complexity index is 465. The van der Waals surface area contributed by atoms with E-state index in [0.717, 1.165) is 30.5 Å². The third-order valence-electron chi connectivity index (χ3n) is 4.59. The predicted octanol–water partition coefficient (Wildman–Crippen LogP) is 2.38. The summed E-state index contributed by atoms with van der Waals surface area (Å²) in [5.41, 5.74) is 2.55. The summed E-state index contributed by atoms with van der Waals surface area (Å²) in [6, 6.07) is 6.59. The van der Waals surface area contributed by atoms with Crippen LogP contribution in [-0.2, 0) is 6.54 Å². The van der Waals surface area contributed by atoms with Gasteiger partial charge in [-0.3, -0.25) is 0 Å². The van der Waals surface area contributed by atoms with Crippen LogP contribution in [0, 0.1) is 11.8 Å². The molecule has 1 aromatic carbocycles. The SMILES string of the molecule is CNCc1ccc(N2CC3CCC(O)C3C2)cc1Br. The van der Waals surface area contributed by atoms with Crippen molar-refractivity contribution in [3.05, 3.63) is 28.2 Å². The number of aliphatic hydroxyl groups excluding tert-OH is 1. The lowest BCUT2D eigenvalue weighted by molar-refractivity contribution is 0.133. The van der Waals surface area contributed by atoms with Gasteiger partial charge in [0.15, 0.2) is 0 Å². The third kappa shape index (κ3) is 2.54. The Morgan fingerprint density at radius 1 is 1.37 bits per heavy atom. The number of nitrogens with one attached hydrogen (secondary N) is 1. The molecule has 3 unspecified atom stereocenters. The Morgan fingerprint density at radius 2 is 2.21 bits per heavy atom. The smallest absolute Gasteiger partial charge is 0.0588 e. The van der Waals surface area contributed by atoms with Crippen LogP contribution in [0.3, 0.4) is 0 Å². The van der Waals surface area contributed by atoms with Gasteiger partial charge in [-0.25, -0.2) is 0 Å². The number of nitrogens with zero attached hydrogens (tertiary/aromatic N) is 1. The van der Waals surface area contributed by atoms with Crippen molar-refractivity contribution in [2.45, 2.75) is 25.5 Å². The minimum absolute atomic E-state index is 0.0815. The fourth-order valence-electron chi connectivity index (χ4n) is 3.51. The largest absolute Gasteiger partial charge is 0.393 e. The van der Waals surface area contributed by atoms with Gasteiger partial charge in [-0.1, -0.05) is 22.0 Å². The molecule has 1 aromatic rings. The average Bonchev–Trinajstić information content (AvgIpc) is 2.95. The fraction of sp³-hybridized carbons (Fsp3) is 0.600. The maximum atomic E-state index is 9.99. The molecule has 104 valence electrons. The number of aliphatic hydroxyl groups is 1. The number of hydrogen-bond donors (Lipinski definition) is 2. The van der Waals surface area contributed by atoms with Crippen molar-refractivity contribution in [2.24, 2.45) is 11.8 Å². The summed E-state index contributed by atoms with van der Waals surface area (Å²) < 4.78 is 1.16. The van der Waals surface area contributed by atoms with Gasteiger partial charge in [0.2, 0.25) is 0 Å². The molecule has 1 saturated carbocycles. The topological polar surface area (TPSA) is 35.5 Å². The van der Waals surface area contributed by atoms with Crippen molar-refractivity contribution in [1.29, 1.82) is 0 Å². The lowest BCUT2D eigenvalue weighted by Crippen LogP contribution is -2.24. The van der Waals surface area contributed by atoms with E-state index in [1.807, 2.05) is 7.05 Å². The van der Waals surface area contributed by atoms with Crippen LogP contribution in [0.5, 0.6) is 0 Å². The van der Waals surface area contributed by atoms with Crippen molar-refractivity contribution in [3.8, 4) is 0 Å². The maximum Gasteiger partial charge on any atom is 0.0588 e. The van der Waals surface area contributed by atoms with Gasteiger partial charge in [0, 0.05) is 35.7 Å². The summed E-state index contributed by atoms with van der Waals surface area (Å²) in [7, 11) is 1.96. The molecule has 1 heterocycles. The number of anilines is 1. The molecule has 19 heavy (non-hydrogen) atoms. The molecule has 1 aliphatic heterocycles. The highest BCUT2D eigenvalue weighted by Crippen LogP contribution is 2.40. The van der Waals surface area contributed by atoms with Crippen LogP contribution in [0.15, 0.2) is 22.7 Å². The molecule has 1 saturated heterocycles. The zero-order valence-electron chi connectivity index (χ0n) is 11.3. The molecule has 1 aliphatic carbocycles. The first-order valence-electron chi connectivity index (χ1n) is 7.05. The van der Waals surface area contributed by atoms with E-state index < -0.39 is 0 Å². The van der Waals surface area contributed by atoms with E-state index in [9.17, 15) is 5.11 Å². The summed E-state index contributed by atoms with van der Waals surface area (Å²) in [6.45, 7) is 2.98. The normalized spacial score (nSPS) is 29.8. The second kappa shape index (κ2) is 5.43. The highest BCUT2D eigenvalue weighted by molar-refractivity contribution is 9.10. The van der Waals surface area contributed by atoms with Gasteiger partial charge in [-0.15, -0.1) is 0 Å². The number of rotatable bonds is 3. The second-order valence-electron chi connectivity index (χ2n) is 5.78. The highest BCUT2D eigenvalue weighted by Gasteiger charge is 2.41. The average molecular weight is 325 g/mol. The first kappa shape index (κ1) is 13.4. The second-order valence-corrected chi connectivity index (χ2v) is 6.63. The molecule has 3 nitrogen and oxygen atoms in total. The van der Waals surface area contributed by atoms with Crippen molar-refractivity contribution in [3.63, 3.8) is 0 Å². The summed E-state index contributed by atoms with van der Waals surface area (Å²) in [5.74, 6) is 1.17. The van der Waals surface area contributed by atoms with Crippen LogP contribution >= 0.6 is 15.9 Å². The summed E-state index contributed by atoms with van der Waals surface area (Å²) in [6.07, 6.45) is 2.09. The molecule has 0 bridgehead atoms. The molecular weight excluding hydrogens is 304 g/mol.